The molecule has 0 amide bonds. The molecule has 2 heterocycles. The predicted molar refractivity (Wildman–Crippen MR) is 112 cm³/mol. The number of imidazole rings is 1. The normalized spacial score (nSPS) is 11.2. The lowest BCUT2D eigenvalue weighted by Gasteiger charge is -2.12. The fourth-order valence-electron chi connectivity index (χ4n) is 2.54. The topological polar surface area (TPSA) is 67.1 Å². The molecular weight excluding hydrogens is 427 g/mol. The van der Waals surface area contributed by atoms with Gasteiger partial charge in [-0.15, -0.1) is 24.0 Å². The third-order valence-electron chi connectivity index (χ3n) is 3.78. The largest absolute Gasteiger partial charge is 0.356 e. The van der Waals surface area contributed by atoms with Crippen LogP contribution in [0.3, 0.4) is 0 Å². The van der Waals surface area contributed by atoms with E-state index in [4.69, 9.17) is 0 Å². The molecule has 132 valence electrons. The molecule has 0 radical (unpaired) electrons. The number of halogens is 1. The third-order valence-corrected chi connectivity index (χ3v) is 3.78. The third kappa shape index (κ3) is 5.42. The molecule has 25 heavy (non-hydrogen) atoms. The number of guanidine groups is 1. The summed E-state index contributed by atoms with van der Waals surface area (Å²) in [6.45, 7) is 2.42. The van der Waals surface area contributed by atoms with Crippen LogP contribution in [0.1, 0.15) is 12.1 Å². The van der Waals surface area contributed by atoms with E-state index in [9.17, 15) is 0 Å². The van der Waals surface area contributed by atoms with Crippen LogP contribution in [-0.2, 0) is 13.1 Å². The predicted octanol–water partition coefficient (Wildman–Crippen LogP) is 2.80. The highest BCUT2D eigenvalue weighted by Crippen LogP contribution is 2.11. The summed E-state index contributed by atoms with van der Waals surface area (Å²) in [5, 5.41) is 6.59. The van der Waals surface area contributed by atoms with Crippen molar-refractivity contribution < 1.29 is 0 Å². The minimum atomic E-state index is 0. The number of rotatable bonds is 6. The van der Waals surface area contributed by atoms with E-state index in [0.717, 1.165) is 36.7 Å². The van der Waals surface area contributed by atoms with Crippen molar-refractivity contribution in [2.24, 2.45) is 4.99 Å². The molecule has 3 aromatic rings. The number of aliphatic imine (C=N–C) groups is 1. The average Bonchev–Trinajstić information content (AvgIpc) is 3.05. The molecule has 6 nitrogen and oxygen atoms in total. The Labute approximate surface area is 164 Å². The molecule has 0 spiro atoms. The van der Waals surface area contributed by atoms with Gasteiger partial charge in [0.05, 0.1) is 29.6 Å². The lowest BCUT2D eigenvalue weighted by atomic mass is 10.3. The number of aryl methyl sites for hydroxylation is 1. The molecule has 0 aliphatic rings. The summed E-state index contributed by atoms with van der Waals surface area (Å²) in [7, 11) is 1.77. The van der Waals surface area contributed by atoms with Crippen LogP contribution in [0.2, 0.25) is 0 Å². The van der Waals surface area contributed by atoms with E-state index in [1.807, 2.05) is 42.7 Å². The molecule has 0 fully saturated rings. The molecule has 0 atom stereocenters. The van der Waals surface area contributed by atoms with Crippen LogP contribution >= 0.6 is 24.0 Å². The minimum absolute atomic E-state index is 0. The van der Waals surface area contributed by atoms with E-state index in [1.165, 1.54) is 5.52 Å². The molecule has 1 aromatic carbocycles. The summed E-state index contributed by atoms with van der Waals surface area (Å²) < 4.78 is 2.18. The van der Waals surface area contributed by atoms with E-state index >= 15 is 0 Å². The smallest absolute Gasteiger partial charge is 0.191 e. The first kappa shape index (κ1) is 19.2. The van der Waals surface area contributed by atoms with Crippen molar-refractivity contribution in [3.05, 3.63) is 60.7 Å². The lowest BCUT2D eigenvalue weighted by Crippen LogP contribution is -2.37. The number of hydrogen-bond donors (Lipinski definition) is 2. The van der Waals surface area contributed by atoms with E-state index in [-0.39, 0.29) is 24.0 Å². The quantitative estimate of drug-likeness (QED) is 0.262. The van der Waals surface area contributed by atoms with Gasteiger partial charge in [-0.1, -0.05) is 18.2 Å². The maximum Gasteiger partial charge on any atom is 0.191 e. The van der Waals surface area contributed by atoms with Gasteiger partial charge in [0.2, 0.25) is 0 Å². The van der Waals surface area contributed by atoms with Crippen molar-refractivity contribution in [3.8, 4) is 0 Å². The number of hydrogen-bond acceptors (Lipinski definition) is 3. The van der Waals surface area contributed by atoms with Gasteiger partial charge >= 0.3 is 0 Å². The van der Waals surface area contributed by atoms with Crippen LogP contribution in [0.25, 0.3) is 11.0 Å². The second kappa shape index (κ2) is 9.97. The monoisotopic (exact) mass is 450 g/mol. The highest BCUT2D eigenvalue weighted by Gasteiger charge is 2.02. The van der Waals surface area contributed by atoms with Gasteiger partial charge in [0.15, 0.2) is 5.96 Å². The van der Waals surface area contributed by atoms with E-state index < -0.39 is 0 Å². The van der Waals surface area contributed by atoms with Gasteiger partial charge in [-0.3, -0.25) is 9.98 Å². The minimum Gasteiger partial charge on any atom is -0.356 e. The first-order valence-electron chi connectivity index (χ1n) is 8.11. The zero-order valence-electron chi connectivity index (χ0n) is 14.2. The Kier molecular flexibility index (Phi) is 7.65. The lowest BCUT2D eigenvalue weighted by molar-refractivity contribution is 0.636. The molecule has 7 heteroatoms. The van der Waals surface area contributed by atoms with E-state index in [2.05, 4.69) is 36.2 Å². The summed E-state index contributed by atoms with van der Waals surface area (Å²) in [5.74, 6) is 0.788. The number of nitrogens with zero attached hydrogens (tertiary/aromatic N) is 4. The Morgan fingerprint density at radius 1 is 1.08 bits per heavy atom. The number of pyridine rings is 1. The summed E-state index contributed by atoms with van der Waals surface area (Å²) in [5.41, 5.74) is 3.21. The first-order valence-corrected chi connectivity index (χ1v) is 8.11. The highest BCUT2D eigenvalue weighted by molar-refractivity contribution is 14.0. The second-order valence-electron chi connectivity index (χ2n) is 5.45. The molecule has 0 aliphatic heterocycles. The Balaban J connectivity index is 0.00000225. The number of aromatic nitrogens is 3. The fraction of sp³-hybridized carbons (Fsp3) is 0.278. The number of para-hydroxylation sites is 2. The van der Waals surface area contributed by atoms with Crippen molar-refractivity contribution in [1.82, 2.24) is 25.2 Å². The van der Waals surface area contributed by atoms with Gasteiger partial charge in [-0.2, -0.15) is 0 Å². The fourth-order valence-corrected chi connectivity index (χ4v) is 2.54. The van der Waals surface area contributed by atoms with E-state index in [1.54, 1.807) is 13.2 Å². The van der Waals surface area contributed by atoms with Crippen molar-refractivity contribution >= 4 is 41.0 Å². The van der Waals surface area contributed by atoms with Crippen LogP contribution in [-0.4, -0.2) is 34.1 Å². The summed E-state index contributed by atoms with van der Waals surface area (Å²) in [6.07, 6.45) is 4.69. The van der Waals surface area contributed by atoms with Gasteiger partial charge < -0.3 is 15.2 Å². The molecule has 0 saturated carbocycles. The summed E-state index contributed by atoms with van der Waals surface area (Å²) >= 11 is 0. The van der Waals surface area contributed by atoms with E-state index in [0.29, 0.717) is 6.54 Å². The van der Waals surface area contributed by atoms with Gasteiger partial charge in [0, 0.05) is 26.3 Å². The Hall–Kier alpha value is -2.16. The molecule has 0 bridgehead atoms. The standard InChI is InChI=1S/C18H22N6.HI/c1-19-18(22-13-15-7-4-5-10-20-15)21-11-6-12-24-14-23-16-8-2-3-9-17(16)24;/h2-5,7-10,14H,6,11-13H2,1H3,(H2,19,21,22);1H. The van der Waals surface area contributed by atoms with Crippen LogP contribution in [0.5, 0.6) is 0 Å². The van der Waals surface area contributed by atoms with Gasteiger partial charge in [0.25, 0.3) is 0 Å². The van der Waals surface area contributed by atoms with Crippen molar-refractivity contribution in [1.29, 1.82) is 0 Å². The first-order chi connectivity index (χ1) is 11.9. The number of benzene rings is 1. The second-order valence-corrected chi connectivity index (χ2v) is 5.45. The maximum atomic E-state index is 4.41. The molecule has 3 rings (SSSR count). The Morgan fingerprint density at radius 3 is 2.72 bits per heavy atom. The van der Waals surface area contributed by atoms with Gasteiger partial charge in [-0.25, -0.2) is 4.98 Å². The van der Waals surface area contributed by atoms with Crippen LogP contribution in [0.15, 0.2) is 60.0 Å². The molecular formula is C18H23IN6. The van der Waals surface area contributed by atoms with Crippen LogP contribution in [0.4, 0.5) is 0 Å². The molecule has 2 N–H and O–H groups in total. The average molecular weight is 450 g/mol. The Bertz CT molecular complexity index is 799. The zero-order valence-corrected chi connectivity index (χ0v) is 16.6. The Morgan fingerprint density at radius 2 is 1.92 bits per heavy atom. The summed E-state index contributed by atoms with van der Waals surface area (Å²) in [4.78, 5) is 12.9. The molecule has 0 saturated heterocycles. The van der Waals surface area contributed by atoms with Crippen LogP contribution in [0, 0.1) is 0 Å². The number of nitrogens with one attached hydrogen (secondary N) is 2. The van der Waals surface area contributed by atoms with Crippen LogP contribution < -0.4 is 10.6 Å². The molecule has 0 aliphatic carbocycles. The van der Waals surface area contributed by atoms with Gasteiger partial charge in [-0.05, 0) is 30.7 Å². The summed E-state index contributed by atoms with van der Waals surface area (Å²) in [6, 6.07) is 14.1. The highest BCUT2D eigenvalue weighted by atomic mass is 127. The molecule has 2 aromatic heterocycles. The van der Waals surface area contributed by atoms with Crippen molar-refractivity contribution in [3.63, 3.8) is 0 Å². The number of fused-ring (bicyclic) bond motifs is 1. The van der Waals surface area contributed by atoms with Crippen molar-refractivity contribution in [2.75, 3.05) is 13.6 Å². The maximum absolute atomic E-state index is 4.41. The van der Waals surface area contributed by atoms with Gasteiger partial charge in [0.1, 0.15) is 0 Å². The zero-order chi connectivity index (χ0) is 16.6. The molecule has 0 unspecified atom stereocenters. The van der Waals surface area contributed by atoms with Crippen molar-refractivity contribution in [2.45, 2.75) is 19.5 Å². The SMILES string of the molecule is CN=C(NCCCn1cnc2ccccc21)NCc1ccccn1.I.